The van der Waals surface area contributed by atoms with Crippen molar-refractivity contribution in [2.45, 2.75) is 45.6 Å². The van der Waals surface area contributed by atoms with Gasteiger partial charge in [-0.1, -0.05) is 32.8 Å². The van der Waals surface area contributed by atoms with Crippen LogP contribution in [0.15, 0.2) is 17.5 Å². The third-order valence-electron chi connectivity index (χ3n) is 3.32. The Morgan fingerprint density at radius 3 is 2.71 bits per heavy atom. The van der Waals surface area contributed by atoms with Crippen molar-refractivity contribution in [1.29, 1.82) is 0 Å². The summed E-state index contributed by atoms with van der Waals surface area (Å²) in [6.45, 7) is 5.26. The molecular formula is C14H21NOS. The highest BCUT2D eigenvalue weighted by Crippen LogP contribution is 2.26. The first-order valence-corrected chi connectivity index (χ1v) is 7.41. The molecule has 0 aliphatic heterocycles. The Balaban J connectivity index is 2.11. The highest BCUT2D eigenvalue weighted by molar-refractivity contribution is 7.12. The van der Waals surface area contributed by atoms with E-state index in [9.17, 15) is 4.79 Å². The van der Waals surface area contributed by atoms with Gasteiger partial charge < -0.3 is 4.90 Å². The van der Waals surface area contributed by atoms with Crippen molar-refractivity contribution in [3.8, 4) is 0 Å². The van der Waals surface area contributed by atoms with Crippen LogP contribution in [0.3, 0.4) is 0 Å². The molecule has 0 radical (unpaired) electrons. The van der Waals surface area contributed by atoms with Crippen molar-refractivity contribution < 1.29 is 4.79 Å². The van der Waals surface area contributed by atoms with E-state index in [1.807, 2.05) is 17.5 Å². The Morgan fingerprint density at radius 1 is 1.47 bits per heavy atom. The molecule has 1 aliphatic carbocycles. The highest BCUT2D eigenvalue weighted by Gasteiger charge is 2.28. The summed E-state index contributed by atoms with van der Waals surface area (Å²) in [6, 6.07) is 4.38. The fourth-order valence-corrected chi connectivity index (χ4v) is 3.23. The van der Waals surface area contributed by atoms with Gasteiger partial charge in [-0.15, -0.1) is 11.3 Å². The molecule has 0 bridgehead atoms. The van der Waals surface area contributed by atoms with Gasteiger partial charge in [0, 0.05) is 12.6 Å². The van der Waals surface area contributed by atoms with E-state index < -0.39 is 0 Å². The Bertz CT molecular complexity index is 352. The molecule has 1 aromatic heterocycles. The average Bonchev–Trinajstić information content (AvgIpc) is 2.96. The lowest BCUT2D eigenvalue weighted by molar-refractivity contribution is 0.0660. The lowest BCUT2D eigenvalue weighted by Crippen LogP contribution is -2.40. The minimum absolute atomic E-state index is 0.237. The lowest BCUT2D eigenvalue weighted by atomic mass is 10.1. The second-order valence-electron chi connectivity index (χ2n) is 5.27. The van der Waals surface area contributed by atoms with Gasteiger partial charge in [0.25, 0.3) is 5.91 Å². The molecule has 0 aromatic carbocycles. The third kappa shape index (κ3) is 3.09. The van der Waals surface area contributed by atoms with Crippen molar-refractivity contribution in [1.82, 2.24) is 4.90 Å². The zero-order chi connectivity index (χ0) is 12.3. The molecule has 2 rings (SSSR count). The summed E-state index contributed by atoms with van der Waals surface area (Å²) in [6.07, 6.45) is 4.92. The smallest absolute Gasteiger partial charge is 0.264 e. The Hall–Kier alpha value is -0.830. The Kier molecular flexibility index (Phi) is 4.21. The van der Waals surface area contributed by atoms with Gasteiger partial charge in [0.05, 0.1) is 4.88 Å². The average molecular weight is 251 g/mol. The lowest BCUT2D eigenvalue weighted by Gasteiger charge is -2.30. The Labute approximate surface area is 108 Å². The minimum Gasteiger partial charge on any atom is -0.335 e. The number of hydrogen-bond acceptors (Lipinski definition) is 2. The maximum atomic E-state index is 12.5. The molecule has 1 saturated carbocycles. The van der Waals surface area contributed by atoms with Crippen LogP contribution in [0.25, 0.3) is 0 Å². The molecule has 0 atom stereocenters. The number of hydrogen-bond donors (Lipinski definition) is 0. The van der Waals surface area contributed by atoms with Crippen LogP contribution < -0.4 is 0 Å². The van der Waals surface area contributed by atoms with Crippen LogP contribution in [-0.4, -0.2) is 23.4 Å². The van der Waals surface area contributed by atoms with Gasteiger partial charge in [0.15, 0.2) is 0 Å². The van der Waals surface area contributed by atoms with Gasteiger partial charge in [-0.05, 0) is 30.2 Å². The summed E-state index contributed by atoms with van der Waals surface area (Å²) in [5.41, 5.74) is 0. The van der Waals surface area contributed by atoms with E-state index in [0.29, 0.717) is 12.0 Å². The van der Waals surface area contributed by atoms with Crippen LogP contribution in [0.5, 0.6) is 0 Å². The normalized spacial score (nSPS) is 16.6. The van der Waals surface area contributed by atoms with Gasteiger partial charge in [0.1, 0.15) is 0 Å². The molecule has 0 N–H and O–H groups in total. The number of amides is 1. The third-order valence-corrected chi connectivity index (χ3v) is 4.18. The van der Waals surface area contributed by atoms with E-state index in [0.717, 1.165) is 11.4 Å². The maximum absolute atomic E-state index is 12.5. The van der Waals surface area contributed by atoms with Crippen molar-refractivity contribution in [3.63, 3.8) is 0 Å². The number of nitrogens with zero attached hydrogens (tertiary/aromatic N) is 1. The fourth-order valence-electron chi connectivity index (χ4n) is 2.55. The molecule has 1 aliphatic rings. The number of carbonyl (C=O) groups is 1. The molecule has 0 spiro atoms. The van der Waals surface area contributed by atoms with Crippen molar-refractivity contribution in [3.05, 3.63) is 22.4 Å². The van der Waals surface area contributed by atoms with Gasteiger partial charge in [-0.25, -0.2) is 0 Å². The predicted octanol–water partition coefficient (Wildman–Crippen LogP) is 3.79. The standard InChI is InChI=1S/C14H21NOS/c1-11(2)10-15(12-6-3-4-7-12)14(16)13-8-5-9-17-13/h5,8-9,11-12H,3-4,6-7,10H2,1-2H3. The van der Waals surface area contributed by atoms with E-state index in [4.69, 9.17) is 0 Å². The number of rotatable bonds is 4. The zero-order valence-electron chi connectivity index (χ0n) is 10.7. The zero-order valence-corrected chi connectivity index (χ0v) is 11.5. The van der Waals surface area contributed by atoms with Crippen LogP contribution in [0.4, 0.5) is 0 Å². The SMILES string of the molecule is CC(C)CN(C(=O)c1cccs1)C1CCCC1. The summed E-state index contributed by atoms with van der Waals surface area (Å²) in [5, 5.41) is 1.98. The van der Waals surface area contributed by atoms with E-state index in [-0.39, 0.29) is 5.91 Å². The minimum atomic E-state index is 0.237. The first-order chi connectivity index (χ1) is 8.18. The molecular weight excluding hydrogens is 230 g/mol. The van der Waals surface area contributed by atoms with Crippen molar-refractivity contribution in [2.75, 3.05) is 6.54 Å². The molecule has 0 saturated heterocycles. The predicted molar refractivity (Wildman–Crippen MR) is 72.4 cm³/mol. The quantitative estimate of drug-likeness (QED) is 0.797. The summed E-state index contributed by atoms with van der Waals surface area (Å²) in [5.74, 6) is 0.778. The second-order valence-corrected chi connectivity index (χ2v) is 6.21. The molecule has 1 fully saturated rings. The van der Waals surface area contributed by atoms with Crippen LogP contribution in [-0.2, 0) is 0 Å². The first kappa shape index (κ1) is 12.6. The molecule has 1 heterocycles. The fraction of sp³-hybridized carbons (Fsp3) is 0.643. The van der Waals surface area contributed by atoms with E-state index in [1.165, 1.54) is 25.7 Å². The molecule has 1 amide bonds. The van der Waals surface area contributed by atoms with Gasteiger partial charge in [-0.2, -0.15) is 0 Å². The molecule has 2 nitrogen and oxygen atoms in total. The van der Waals surface area contributed by atoms with E-state index in [2.05, 4.69) is 18.7 Å². The number of carbonyl (C=O) groups excluding carboxylic acids is 1. The first-order valence-electron chi connectivity index (χ1n) is 6.53. The molecule has 3 heteroatoms. The maximum Gasteiger partial charge on any atom is 0.264 e. The van der Waals surface area contributed by atoms with Crippen LogP contribution in [0, 0.1) is 5.92 Å². The van der Waals surface area contributed by atoms with Crippen LogP contribution in [0.2, 0.25) is 0 Å². The van der Waals surface area contributed by atoms with Gasteiger partial charge in [0.2, 0.25) is 0 Å². The van der Waals surface area contributed by atoms with E-state index in [1.54, 1.807) is 11.3 Å². The van der Waals surface area contributed by atoms with Gasteiger partial charge >= 0.3 is 0 Å². The van der Waals surface area contributed by atoms with Gasteiger partial charge in [-0.3, -0.25) is 4.79 Å². The molecule has 0 unspecified atom stereocenters. The molecule has 17 heavy (non-hydrogen) atoms. The Morgan fingerprint density at radius 2 is 2.18 bits per heavy atom. The molecule has 94 valence electrons. The summed E-state index contributed by atoms with van der Waals surface area (Å²) in [7, 11) is 0. The monoisotopic (exact) mass is 251 g/mol. The largest absolute Gasteiger partial charge is 0.335 e. The molecule has 1 aromatic rings. The van der Waals surface area contributed by atoms with Crippen LogP contribution >= 0.6 is 11.3 Å². The number of thiophene rings is 1. The summed E-state index contributed by atoms with van der Waals surface area (Å²) >= 11 is 1.55. The summed E-state index contributed by atoms with van der Waals surface area (Å²) in [4.78, 5) is 15.5. The highest BCUT2D eigenvalue weighted by atomic mass is 32.1. The van der Waals surface area contributed by atoms with Crippen molar-refractivity contribution >= 4 is 17.2 Å². The van der Waals surface area contributed by atoms with E-state index >= 15 is 0 Å². The second kappa shape index (κ2) is 5.67. The van der Waals surface area contributed by atoms with Crippen molar-refractivity contribution in [2.24, 2.45) is 5.92 Å². The topological polar surface area (TPSA) is 20.3 Å². The summed E-state index contributed by atoms with van der Waals surface area (Å²) < 4.78 is 0. The van der Waals surface area contributed by atoms with Crippen LogP contribution in [0.1, 0.15) is 49.2 Å².